The van der Waals surface area contributed by atoms with Crippen LogP contribution in [0, 0.1) is 11.7 Å². The van der Waals surface area contributed by atoms with E-state index >= 15 is 0 Å². The fourth-order valence-electron chi connectivity index (χ4n) is 4.56. The highest BCUT2D eigenvalue weighted by Gasteiger charge is 2.24. The van der Waals surface area contributed by atoms with Crippen molar-refractivity contribution in [2.75, 3.05) is 0 Å². The molecule has 0 atom stereocenters. The quantitative estimate of drug-likeness (QED) is 0.284. The summed E-state index contributed by atoms with van der Waals surface area (Å²) in [7, 11) is 0. The maximum atomic E-state index is 14.6. The second-order valence-corrected chi connectivity index (χ2v) is 9.04. The van der Waals surface area contributed by atoms with Crippen molar-refractivity contribution in [2.24, 2.45) is 5.92 Å². The molecule has 0 aromatic heterocycles. The van der Waals surface area contributed by atoms with Crippen molar-refractivity contribution in [3.8, 4) is 11.1 Å². The fourth-order valence-corrected chi connectivity index (χ4v) is 4.56. The minimum atomic E-state index is -0.267. The van der Waals surface area contributed by atoms with Crippen LogP contribution in [0.25, 0.3) is 11.1 Å². The van der Waals surface area contributed by atoms with Crippen LogP contribution >= 0.6 is 0 Å². The van der Waals surface area contributed by atoms with Crippen LogP contribution in [0.15, 0.2) is 42.5 Å². The Morgan fingerprint density at radius 2 is 1.65 bits per heavy atom. The summed E-state index contributed by atoms with van der Waals surface area (Å²) in [5, 5.41) is 0. The molecule has 1 aliphatic rings. The number of hydrogen-bond acceptors (Lipinski definition) is 2. The van der Waals surface area contributed by atoms with E-state index in [0.29, 0.717) is 11.1 Å². The molecule has 2 aromatic rings. The van der Waals surface area contributed by atoms with Gasteiger partial charge in [-0.2, -0.15) is 0 Å². The van der Waals surface area contributed by atoms with Gasteiger partial charge in [0.25, 0.3) is 0 Å². The highest BCUT2D eigenvalue weighted by atomic mass is 19.1. The Morgan fingerprint density at radius 1 is 0.935 bits per heavy atom. The minimum absolute atomic E-state index is 0.0303. The molecule has 0 saturated heterocycles. The molecule has 0 N–H and O–H groups in total. The van der Waals surface area contributed by atoms with Gasteiger partial charge in [0.1, 0.15) is 11.9 Å². The third-order valence-electron chi connectivity index (χ3n) is 6.57. The van der Waals surface area contributed by atoms with E-state index < -0.39 is 0 Å². The lowest BCUT2D eigenvalue weighted by Gasteiger charge is -2.28. The average Bonchev–Trinajstić information content (AvgIpc) is 2.79. The van der Waals surface area contributed by atoms with Gasteiger partial charge in [-0.05, 0) is 73.8 Å². The van der Waals surface area contributed by atoms with Crippen molar-refractivity contribution >= 4 is 5.97 Å². The van der Waals surface area contributed by atoms with Gasteiger partial charge in [-0.15, -0.1) is 0 Å². The molecular formula is C28H37FO2. The van der Waals surface area contributed by atoms with Crippen LogP contribution in [0.3, 0.4) is 0 Å². The van der Waals surface area contributed by atoms with Crippen LogP contribution in [-0.4, -0.2) is 12.1 Å². The van der Waals surface area contributed by atoms with Crippen LogP contribution in [0.4, 0.5) is 4.39 Å². The third kappa shape index (κ3) is 6.92. The number of carbonyl (C=O) groups excluding carboxylic acids is 1. The standard InChI is InChI=1S/C28H37FO2/c1-3-5-7-9-21-10-17-25(18-11-21)31-28(30)24-15-13-23(14-16-24)26-19-12-22(8-6-4-2)20-27(26)29/h12-16,19-21,25H,3-11,17-18H2,1-2H3. The number of benzene rings is 2. The van der Waals surface area contributed by atoms with Gasteiger partial charge in [-0.1, -0.05) is 70.2 Å². The molecule has 168 valence electrons. The molecule has 3 heteroatoms. The van der Waals surface area contributed by atoms with E-state index in [0.717, 1.165) is 62.0 Å². The summed E-state index contributed by atoms with van der Waals surface area (Å²) in [4.78, 5) is 12.6. The molecule has 1 saturated carbocycles. The first-order valence-corrected chi connectivity index (χ1v) is 12.2. The Labute approximate surface area is 187 Å². The molecule has 0 radical (unpaired) electrons. The molecular weight excluding hydrogens is 387 g/mol. The van der Waals surface area contributed by atoms with Crippen molar-refractivity contribution < 1.29 is 13.9 Å². The predicted molar refractivity (Wildman–Crippen MR) is 126 cm³/mol. The Morgan fingerprint density at radius 3 is 2.29 bits per heavy atom. The Balaban J connectivity index is 1.53. The summed E-state index contributed by atoms with van der Waals surface area (Å²) in [6.07, 6.45) is 12.6. The molecule has 0 aliphatic heterocycles. The van der Waals surface area contributed by atoms with Gasteiger partial charge < -0.3 is 4.74 Å². The maximum absolute atomic E-state index is 14.6. The molecule has 2 nitrogen and oxygen atoms in total. The maximum Gasteiger partial charge on any atom is 0.338 e. The topological polar surface area (TPSA) is 26.3 Å². The van der Waals surface area contributed by atoms with Crippen LogP contribution in [0.1, 0.15) is 94.0 Å². The third-order valence-corrected chi connectivity index (χ3v) is 6.57. The van der Waals surface area contributed by atoms with E-state index in [4.69, 9.17) is 4.74 Å². The average molecular weight is 425 g/mol. The lowest BCUT2D eigenvalue weighted by atomic mass is 9.84. The smallest absolute Gasteiger partial charge is 0.338 e. The Kier molecular flexibility index (Phi) is 9.12. The number of ether oxygens (including phenoxy) is 1. The Bertz CT molecular complexity index is 819. The van der Waals surface area contributed by atoms with Crippen LogP contribution in [0.5, 0.6) is 0 Å². The monoisotopic (exact) mass is 424 g/mol. The van der Waals surface area contributed by atoms with Gasteiger partial charge in [0.2, 0.25) is 0 Å². The predicted octanol–water partition coefficient (Wildman–Crippen LogP) is 8.13. The molecule has 2 aromatic carbocycles. The summed E-state index contributed by atoms with van der Waals surface area (Å²) in [6.45, 7) is 4.38. The molecule has 31 heavy (non-hydrogen) atoms. The first-order valence-electron chi connectivity index (χ1n) is 12.2. The second-order valence-electron chi connectivity index (χ2n) is 9.04. The highest BCUT2D eigenvalue weighted by Crippen LogP contribution is 2.31. The summed E-state index contributed by atoms with van der Waals surface area (Å²) < 4.78 is 20.3. The minimum Gasteiger partial charge on any atom is -0.459 e. The largest absolute Gasteiger partial charge is 0.459 e. The van der Waals surface area contributed by atoms with Gasteiger partial charge in [0.05, 0.1) is 5.56 Å². The molecule has 0 spiro atoms. The highest BCUT2D eigenvalue weighted by molar-refractivity contribution is 5.90. The summed E-state index contributed by atoms with van der Waals surface area (Å²) >= 11 is 0. The number of halogens is 1. The van der Waals surface area contributed by atoms with Crippen molar-refractivity contribution in [1.82, 2.24) is 0 Å². The van der Waals surface area contributed by atoms with Crippen molar-refractivity contribution in [2.45, 2.75) is 90.6 Å². The van der Waals surface area contributed by atoms with E-state index in [9.17, 15) is 9.18 Å². The van der Waals surface area contributed by atoms with E-state index in [2.05, 4.69) is 13.8 Å². The molecule has 1 fully saturated rings. The van der Waals surface area contributed by atoms with E-state index in [-0.39, 0.29) is 17.9 Å². The summed E-state index contributed by atoms with van der Waals surface area (Å²) in [5.41, 5.74) is 2.92. The molecule has 3 rings (SSSR count). The zero-order chi connectivity index (χ0) is 22.1. The lowest BCUT2D eigenvalue weighted by Crippen LogP contribution is -2.24. The lowest BCUT2D eigenvalue weighted by molar-refractivity contribution is 0.0161. The second kappa shape index (κ2) is 12.0. The Hall–Kier alpha value is -2.16. The fraction of sp³-hybridized carbons (Fsp3) is 0.536. The van der Waals surface area contributed by atoms with E-state index in [1.807, 2.05) is 24.3 Å². The first kappa shape index (κ1) is 23.5. The van der Waals surface area contributed by atoms with Gasteiger partial charge >= 0.3 is 5.97 Å². The summed E-state index contributed by atoms with van der Waals surface area (Å²) in [5.74, 6) is 0.319. The number of aryl methyl sites for hydroxylation is 1. The van der Waals surface area contributed by atoms with Crippen LogP contribution < -0.4 is 0 Å². The van der Waals surface area contributed by atoms with Crippen molar-refractivity contribution in [1.29, 1.82) is 0 Å². The molecule has 0 amide bonds. The number of esters is 1. The van der Waals surface area contributed by atoms with Gasteiger partial charge in [0, 0.05) is 5.56 Å². The zero-order valence-corrected chi connectivity index (χ0v) is 19.2. The normalized spacial score (nSPS) is 18.7. The van der Waals surface area contributed by atoms with E-state index in [1.165, 1.54) is 25.7 Å². The first-order chi connectivity index (χ1) is 15.1. The van der Waals surface area contributed by atoms with Gasteiger partial charge in [-0.3, -0.25) is 0 Å². The number of rotatable bonds is 10. The molecule has 1 aliphatic carbocycles. The SMILES string of the molecule is CCCCCC1CCC(OC(=O)c2ccc(-c3ccc(CCCC)cc3F)cc2)CC1. The number of unbranched alkanes of at least 4 members (excludes halogenated alkanes) is 3. The zero-order valence-electron chi connectivity index (χ0n) is 19.2. The van der Waals surface area contributed by atoms with Crippen molar-refractivity contribution in [3.63, 3.8) is 0 Å². The van der Waals surface area contributed by atoms with Gasteiger partial charge in [-0.25, -0.2) is 9.18 Å². The number of carbonyl (C=O) groups is 1. The molecule has 0 bridgehead atoms. The van der Waals surface area contributed by atoms with Crippen LogP contribution in [-0.2, 0) is 11.2 Å². The number of hydrogen-bond donors (Lipinski definition) is 0. The molecule has 0 unspecified atom stereocenters. The van der Waals surface area contributed by atoms with E-state index in [1.54, 1.807) is 18.2 Å². The molecule has 0 heterocycles. The van der Waals surface area contributed by atoms with Crippen LogP contribution in [0.2, 0.25) is 0 Å². The van der Waals surface area contributed by atoms with Crippen molar-refractivity contribution in [3.05, 3.63) is 59.4 Å². The summed E-state index contributed by atoms with van der Waals surface area (Å²) in [6, 6.07) is 12.6. The van der Waals surface area contributed by atoms with Gasteiger partial charge in [0.15, 0.2) is 0 Å².